The van der Waals surface area contributed by atoms with Crippen LogP contribution in [0.3, 0.4) is 0 Å². The fourth-order valence-electron chi connectivity index (χ4n) is 1.26. The van der Waals surface area contributed by atoms with Crippen molar-refractivity contribution in [3.8, 4) is 0 Å². The number of aromatic amines is 1. The second-order valence-corrected chi connectivity index (χ2v) is 3.72. The number of nitrogen functional groups attached to an aromatic ring is 1. The number of carbonyl (C=O) groups is 2. The molecule has 7 heteroatoms. The van der Waals surface area contributed by atoms with Crippen molar-refractivity contribution >= 4 is 17.6 Å². The van der Waals surface area contributed by atoms with Crippen LogP contribution in [0, 0.1) is 0 Å². The van der Waals surface area contributed by atoms with Gasteiger partial charge in [-0.2, -0.15) is 5.10 Å². The maximum atomic E-state index is 11.8. The van der Waals surface area contributed by atoms with E-state index in [0.717, 1.165) is 6.42 Å². The van der Waals surface area contributed by atoms with Crippen LogP contribution in [0.25, 0.3) is 0 Å². The monoisotopic (exact) mass is 239 g/mol. The molecule has 94 valence electrons. The molecule has 1 heterocycles. The molecule has 0 aromatic carbocycles. The van der Waals surface area contributed by atoms with Gasteiger partial charge in [-0.3, -0.25) is 14.7 Å². The standard InChI is InChI=1S/C10H17N5O2/c1-3-4-12-9(16)6-15(2)10(17)7-5-8(11)14-13-7/h5H,3-4,6H2,1-2H3,(H,12,16)(H3,11,13,14). The lowest BCUT2D eigenvalue weighted by Crippen LogP contribution is -2.38. The molecule has 4 N–H and O–H groups in total. The number of likely N-dealkylation sites (N-methyl/N-ethyl adjacent to an activating group) is 1. The molecule has 0 aliphatic rings. The predicted molar refractivity (Wildman–Crippen MR) is 63.3 cm³/mol. The Labute approximate surface area is 99.4 Å². The molecule has 1 aromatic rings. The Hall–Kier alpha value is -2.05. The van der Waals surface area contributed by atoms with E-state index in [2.05, 4.69) is 15.5 Å². The lowest BCUT2D eigenvalue weighted by atomic mass is 10.3. The minimum atomic E-state index is -0.319. The average Bonchev–Trinajstić information content (AvgIpc) is 2.72. The summed E-state index contributed by atoms with van der Waals surface area (Å²) in [5.41, 5.74) is 5.66. The number of H-pyrrole nitrogens is 1. The van der Waals surface area contributed by atoms with Crippen LogP contribution in [0.5, 0.6) is 0 Å². The zero-order chi connectivity index (χ0) is 12.8. The molecule has 0 unspecified atom stereocenters. The van der Waals surface area contributed by atoms with Gasteiger partial charge in [-0.1, -0.05) is 6.92 Å². The van der Waals surface area contributed by atoms with E-state index in [9.17, 15) is 9.59 Å². The highest BCUT2D eigenvalue weighted by Crippen LogP contribution is 2.03. The molecular formula is C10H17N5O2. The Bertz CT molecular complexity index is 401. The summed E-state index contributed by atoms with van der Waals surface area (Å²) in [6.45, 7) is 2.58. The number of rotatable bonds is 5. The highest BCUT2D eigenvalue weighted by atomic mass is 16.2. The van der Waals surface area contributed by atoms with Gasteiger partial charge in [0.15, 0.2) is 0 Å². The van der Waals surface area contributed by atoms with E-state index < -0.39 is 0 Å². The normalized spacial score (nSPS) is 10.0. The van der Waals surface area contributed by atoms with Crippen LogP contribution < -0.4 is 11.1 Å². The lowest BCUT2D eigenvalue weighted by Gasteiger charge is -2.15. The summed E-state index contributed by atoms with van der Waals surface area (Å²) < 4.78 is 0. The Kier molecular flexibility index (Phi) is 4.50. The van der Waals surface area contributed by atoms with Gasteiger partial charge in [0.2, 0.25) is 5.91 Å². The third-order valence-corrected chi connectivity index (χ3v) is 2.13. The molecule has 0 bridgehead atoms. The summed E-state index contributed by atoms with van der Waals surface area (Å²) >= 11 is 0. The third kappa shape index (κ3) is 3.78. The predicted octanol–water partition coefficient (Wildman–Crippen LogP) is -0.410. The first-order valence-electron chi connectivity index (χ1n) is 5.37. The molecule has 2 amide bonds. The number of aromatic nitrogens is 2. The van der Waals surface area contributed by atoms with Crippen LogP contribution in [0.1, 0.15) is 23.8 Å². The van der Waals surface area contributed by atoms with E-state index in [1.54, 1.807) is 7.05 Å². The molecule has 0 atom stereocenters. The van der Waals surface area contributed by atoms with E-state index in [1.807, 2.05) is 6.92 Å². The molecule has 0 aliphatic heterocycles. The van der Waals surface area contributed by atoms with Gasteiger partial charge in [-0.05, 0) is 6.42 Å². The summed E-state index contributed by atoms with van der Waals surface area (Å²) in [6.07, 6.45) is 0.862. The molecule has 7 nitrogen and oxygen atoms in total. The van der Waals surface area contributed by atoms with Gasteiger partial charge in [0, 0.05) is 19.7 Å². The maximum Gasteiger partial charge on any atom is 0.272 e. The molecular weight excluding hydrogens is 222 g/mol. The van der Waals surface area contributed by atoms with Crippen molar-refractivity contribution < 1.29 is 9.59 Å². The van der Waals surface area contributed by atoms with Crippen LogP contribution in [0.15, 0.2) is 6.07 Å². The number of hydrogen-bond donors (Lipinski definition) is 3. The molecule has 1 rings (SSSR count). The summed E-state index contributed by atoms with van der Waals surface area (Å²) in [7, 11) is 1.55. The van der Waals surface area contributed by atoms with Crippen LogP contribution >= 0.6 is 0 Å². The molecule has 17 heavy (non-hydrogen) atoms. The number of nitrogens with one attached hydrogen (secondary N) is 2. The van der Waals surface area contributed by atoms with Gasteiger partial charge in [0.1, 0.15) is 11.5 Å². The molecule has 0 radical (unpaired) electrons. The highest BCUT2D eigenvalue weighted by molar-refractivity contribution is 5.95. The first-order chi connectivity index (χ1) is 8.04. The number of amides is 2. The summed E-state index contributed by atoms with van der Waals surface area (Å²) in [5, 5.41) is 8.85. The largest absolute Gasteiger partial charge is 0.382 e. The number of nitrogens with two attached hydrogens (primary N) is 1. The summed E-state index contributed by atoms with van der Waals surface area (Å²) in [4.78, 5) is 24.5. The van der Waals surface area contributed by atoms with E-state index in [4.69, 9.17) is 5.73 Å². The van der Waals surface area contributed by atoms with Crippen molar-refractivity contribution in [2.75, 3.05) is 25.9 Å². The Morgan fingerprint density at radius 2 is 2.29 bits per heavy atom. The Balaban J connectivity index is 2.50. The van der Waals surface area contributed by atoms with Crippen molar-refractivity contribution in [1.29, 1.82) is 0 Å². The van der Waals surface area contributed by atoms with Gasteiger partial charge >= 0.3 is 0 Å². The Morgan fingerprint density at radius 3 is 2.82 bits per heavy atom. The van der Waals surface area contributed by atoms with Gasteiger partial charge in [0.25, 0.3) is 5.91 Å². The van der Waals surface area contributed by atoms with Crippen LogP contribution in [-0.2, 0) is 4.79 Å². The van der Waals surface area contributed by atoms with Crippen molar-refractivity contribution in [2.24, 2.45) is 0 Å². The highest BCUT2D eigenvalue weighted by Gasteiger charge is 2.16. The molecule has 1 aromatic heterocycles. The second kappa shape index (κ2) is 5.88. The fourth-order valence-corrected chi connectivity index (χ4v) is 1.26. The number of nitrogens with zero attached hydrogens (tertiary/aromatic N) is 2. The van der Waals surface area contributed by atoms with E-state index in [1.165, 1.54) is 11.0 Å². The average molecular weight is 239 g/mol. The van der Waals surface area contributed by atoms with Crippen LogP contribution in [0.2, 0.25) is 0 Å². The number of anilines is 1. The molecule has 0 saturated heterocycles. The van der Waals surface area contributed by atoms with Crippen LogP contribution in [-0.4, -0.2) is 47.0 Å². The van der Waals surface area contributed by atoms with Crippen molar-refractivity contribution in [3.63, 3.8) is 0 Å². The molecule has 0 spiro atoms. The minimum absolute atomic E-state index is 0.0117. The van der Waals surface area contributed by atoms with Crippen molar-refractivity contribution in [1.82, 2.24) is 20.4 Å². The SMILES string of the molecule is CCCNC(=O)CN(C)C(=O)c1cc(N)n[nH]1. The van der Waals surface area contributed by atoms with Gasteiger partial charge in [-0.25, -0.2) is 0 Å². The molecule has 0 saturated carbocycles. The van der Waals surface area contributed by atoms with Crippen molar-refractivity contribution in [3.05, 3.63) is 11.8 Å². The summed E-state index contributed by atoms with van der Waals surface area (Å²) in [6, 6.07) is 1.43. The van der Waals surface area contributed by atoms with E-state index in [0.29, 0.717) is 6.54 Å². The zero-order valence-electron chi connectivity index (χ0n) is 9.99. The van der Waals surface area contributed by atoms with Gasteiger partial charge < -0.3 is 16.0 Å². The van der Waals surface area contributed by atoms with Gasteiger partial charge in [-0.15, -0.1) is 0 Å². The fraction of sp³-hybridized carbons (Fsp3) is 0.500. The second-order valence-electron chi connectivity index (χ2n) is 3.72. The van der Waals surface area contributed by atoms with Crippen LogP contribution in [0.4, 0.5) is 5.82 Å². The summed E-state index contributed by atoms with van der Waals surface area (Å²) in [5.74, 6) is -0.256. The quantitative estimate of drug-likeness (QED) is 0.649. The first-order valence-corrected chi connectivity index (χ1v) is 5.37. The zero-order valence-corrected chi connectivity index (χ0v) is 9.99. The number of hydrogen-bond acceptors (Lipinski definition) is 4. The smallest absolute Gasteiger partial charge is 0.272 e. The molecule has 0 fully saturated rings. The van der Waals surface area contributed by atoms with E-state index >= 15 is 0 Å². The number of carbonyl (C=O) groups excluding carboxylic acids is 2. The minimum Gasteiger partial charge on any atom is -0.382 e. The maximum absolute atomic E-state index is 11.8. The Morgan fingerprint density at radius 1 is 1.59 bits per heavy atom. The van der Waals surface area contributed by atoms with Crippen molar-refractivity contribution in [2.45, 2.75) is 13.3 Å². The lowest BCUT2D eigenvalue weighted by molar-refractivity contribution is -0.121. The van der Waals surface area contributed by atoms with E-state index in [-0.39, 0.29) is 29.9 Å². The first kappa shape index (κ1) is 13.0. The van der Waals surface area contributed by atoms with Gasteiger partial charge in [0.05, 0.1) is 6.54 Å². The molecule has 0 aliphatic carbocycles. The third-order valence-electron chi connectivity index (χ3n) is 2.13. The topological polar surface area (TPSA) is 104 Å².